The van der Waals surface area contributed by atoms with Gasteiger partial charge in [-0.3, -0.25) is 0 Å². The molecular weight excluding hydrogens is 244 g/mol. The fourth-order valence-electron chi connectivity index (χ4n) is 1.57. The highest BCUT2D eigenvalue weighted by atomic mass is 79.9. The van der Waals surface area contributed by atoms with E-state index in [2.05, 4.69) is 43.5 Å². The summed E-state index contributed by atoms with van der Waals surface area (Å²) in [5, 5.41) is 6.66. The molecule has 76 valence electrons. The van der Waals surface area contributed by atoms with Gasteiger partial charge in [0.1, 0.15) is 0 Å². The third kappa shape index (κ3) is 2.22. The fourth-order valence-corrected chi connectivity index (χ4v) is 1.78. The lowest BCUT2D eigenvalue weighted by Crippen LogP contribution is -2.37. The summed E-state index contributed by atoms with van der Waals surface area (Å²) in [4.78, 5) is 8.38. The molecule has 1 aromatic rings. The SMILES string of the molecule is CC1(Nc2ncc(Br)cn2)CCNC1. The first-order valence-electron chi connectivity index (χ1n) is 4.64. The number of hydrogen-bond acceptors (Lipinski definition) is 4. The van der Waals surface area contributed by atoms with Crippen LogP contribution in [-0.4, -0.2) is 28.6 Å². The van der Waals surface area contributed by atoms with Gasteiger partial charge in [0.05, 0.1) is 10.0 Å². The zero-order valence-electron chi connectivity index (χ0n) is 8.05. The topological polar surface area (TPSA) is 49.8 Å². The molecule has 1 aliphatic heterocycles. The van der Waals surface area contributed by atoms with Crippen LogP contribution in [0.25, 0.3) is 0 Å². The predicted octanol–water partition coefficient (Wildman–Crippen LogP) is 1.40. The van der Waals surface area contributed by atoms with Gasteiger partial charge >= 0.3 is 0 Å². The van der Waals surface area contributed by atoms with Crippen molar-refractivity contribution in [1.82, 2.24) is 15.3 Å². The smallest absolute Gasteiger partial charge is 0.223 e. The Morgan fingerprint density at radius 3 is 2.79 bits per heavy atom. The van der Waals surface area contributed by atoms with Gasteiger partial charge in [0.2, 0.25) is 5.95 Å². The van der Waals surface area contributed by atoms with E-state index >= 15 is 0 Å². The number of aromatic nitrogens is 2. The standard InChI is InChI=1S/C9H13BrN4/c1-9(2-3-11-6-9)14-8-12-4-7(10)5-13-8/h4-5,11H,2-3,6H2,1H3,(H,12,13,14). The molecule has 5 heteroatoms. The first kappa shape index (κ1) is 9.86. The minimum atomic E-state index is 0.0911. The molecule has 2 rings (SSSR count). The average Bonchev–Trinajstić information content (AvgIpc) is 2.57. The lowest BCUT2D eigenvalue weighted by atomic mass is 10.0. The first-order valence-corrected chi connectivity index (χ1v) is 5.44. The molecule has 1 saturated heterocycles. The monoisotopic (exact) mass is 256 g/mol. The Bertz CT molecular complexity index is 305. The Labute approximate surface area is 91.7 Å². The number of anilines is 1. The summed E-state index contributed by atoms with van der Waals surface area (Å²) in [7, 11) is 0. The second-order valence-corrected chi connectivity index (χ2v) is 4.75. The normalized spacial score (nSPS) is 26.4. The van der Waals surface area contributed by atoms with E-state index in [1.807, 2.05) is 0 Å². The van der Waals surface area contributed by atoms with Gasteiger partial charge in [-0.15, -0.1) is 0 Å². The van der Waals surface area contributed by atoms with E-state index in [1.165, 1.54) is 0 Å². The van der Waals surface area contributed by atoms with Crippen molar-refractivity contribution in [3.8, 4) is 0 Å². The number of hydrogen-bond donors (Lipinski definition) is 2. The molecule has 0 aliphatic carbocycles. The van der Waals surface area contributed by atoms with Gasteiger partial charge in [-0.25, -0.2) is 9.97 Å². The van der Waals surface area contributed by atoms with Gasteiger partial charge < -0.3 is 10.6 Å². The highest BCUT2D eigenvalue weighted by Crippen LogP contribution is 2.18. The molecule has 1 aromatic heterocycles. The second kappa shape index (κ2) is 3.82. The van der Waals surface area contributed by atoms with Crippen LogP contribution in [0, 0.1) is 0 Å². The molecule has 1 fully saturated rings. The van der Waals surface area contributed by atoms with E-state index < -0.39 is 0 Å². The molecule has 14 heavy (non-hydrogen) atoms. The molecular formula is C9H13BrN4. The van der Waals surface area contributed by atoms with E-state index in [0.717, 1.165) is 24.0 Å². The van der Waals surface area contributed by atoms with Gasteiger partial charge in [0.25, 0.3) is 0 Å². The lowest BCUT2D eigenvalue weighted by Gasteiger charge is -2.24. The third-order valence-corrected chi connectivity index (χ3v) is 2.81. The molecule has 0 radical (unpaired) electrons. The van der Waals surface area contributed by atoms with Crippen LogP contribution >= 0.6 is 15.9 Å². The Morgan fingerprint density at radius 1 is 1.50 bits per heavy atom. The molecule has 0 bridgehead atoms. The highest BCUT2D eigenvalue weighted by molar-refractivity contribution is 9.10. The van der Waals surface area contributed by atoms with Crippen molar-refractivity contribution >= 4 is 21.9 Å². The highest BCUT2D eigenvalue weighted by Gasteiger charge is 2.28. The van der Waals surface area contributed by atoms with Gasteiger partial charge in [0, 0.05) is 18.9 Å². The number of halogens is 1. The van der Waals surface area contributed by atoms with E-state index in [9.17, 15) is 0 Å². The predicted molar refractivity (Wildman–Crippen MR) is 59.2 cm³/mol. The van der Waals surface area contributed by atoms with Gasteiger partial charge in [-0.05, 0) is 35.8 Å². The molecule has 0 spiro atoms. The lowest BCUT2D eigenvalue weighted by molar-refractivity contribution is 0.561. The van der Waals surface area contributed by atoms with Crippen molar-refractivity contribution in [1.29, 1.82) is 0 Å². The van der Waals surface area contributed by atoms with Crippen LogP contribution < -0.4 is 10.6 Å². The Hall–Kier alpha value is -0.680. The Morgan fingerprint density at radius 2 is 2.21 bits per heavy atom. The summed E-state index contributed by atoms with van der Waals surface area (Å²) in [6.45, 7) is 4.20. The van der Waals surface area contributed by atoms with Gasteiger partial charge in [0.15, 0.2) is 0 Å². The summed E-state index contributed by atoms with van der Waals surface area (Å²) in [6.07, 6.45) is 4.61. The quantitative estimate of drug-likeness (QED) is 0.840. The molecule has 1 atom stereocenters. The van der Waals surface area contributed by atoms with E-state index in [0.29, 0.717) is 5.95 Å². The van der Waals surface area contributed by atoms with Crippen LogP contribution in [0.3, 0.4) is 0 Å². The summed E-state index contributed by atoms with van der Waals surface area (Å²) < 4.78 is 0.901. The molecule has 4 nitrogen and oxygen atoms in total. The number of nitrogens with zero attached hydrogens (tertiary/aromatic N) is 2. The fraction of sp³-hybridized carbons (Fsp3) is 0.556. The minimum Gasteiger partial charge on any atom is -0.348 e. The largest absolute Gasteiger partial charge is 0.348 e. The molecule has 0 aromatic carbocycles. The summed E-state index contributed by atoms with van der Waals surface area (Å²) in [5.74, 6) is 0.694. The Balaban J connectivity index is 2.06. The molecule has 1 unspecified atom stereocenters. The van der Waals surface area contributed by atoms with Gasteiger partial charge in [-0.2, -0.15) is 0 Å². The average molecular weight is 257 g/mol. The third-order valence-electron chi connectivity index (χ3n) is 2.40. The summed E-state index contributed by atoms with van der Waals surface area (Å²) in [6, 6.07) is 0. The first-order chi connectivity index (χ1) is 6.68. The van der Waals surface area contributed by atoms with Crippen molar-refractivity contribution < 1.29 is 0 Å². The van der Waals surface area contributed by atoms with Crippen molar-refractivity contribution in [3.63, 3.8) is 0 Å². The van der Waals surface area contributed by atoms with E-state index in [4.69, 9.17) is 0 Å². The molecule has 0 saturated carbocycles. The minimum absolute atomic E-state index is 0.0911. The maximum absolute atomic E-state index is 4.19. The van der Waals surface area contributed by atoms with E-state index in [-0.39, 0.29) is 5.54 Å². The van der Waals surface area contributed by atoms with E-state index in [1.54, 1.807) is 12.4 Å². The van der Waals surface area contributed by atoms with Crippen molar-refractivity contribution in [2.75, 3.05) is 18.4 Å². The van der Waals surface area contributed by atoms with Crippen LogP contribution in [0.2, 0.25) is 0 Å². The second-order valence-electron chi connectivity index (χ2n) is 3.84. The Kier molecular flexibility index (Phi) is 2.69. The molecule has 0 amide bonds. The van der Waals surface area contributed by atoms with Crippen LogP contribution in [0.5, 0.6) is 0 Å². The zero-order valence-corrected chi connectivity index (χ0v) is 9.63. The molecule has 2 heterocycles. The molecule has 2 N–H and O–H groups in total. The van der Waals surface area contributed by atoms with Crippen molar-refractivity contribution in [3.05, 3.63) is 16.9 Å². The van der Waals surface area contributed by atoms with Crippen LogP contribution in [0.15, 0.2) is 16.9 Å². The van der Waals surface area contributed by atoms with Crippen LogP contribution in [0.4, 0.5) is 5.95 Å². The zero-order chi connectivity index (χ0) is 10.0. The van der Waals surface area contributed by atoms with Crippen molar-refractivity contribution in [2.24, 2.45) is 0 Å². The van der Waals surface area contributed by atoms with Crippen LogP contribution in [0.1, 0.15) is 13.3 Å². The van der Waals surface area contributed by atoms with Crippen LogP contribution in [-0.2, 0) is 0 Å². The molecule has 1 aliphatic rings. The number of rotatable bonds is 2. The maximum Gasteiger partial charge on any atom is 0.223 e. The summed E-state index contributed by atoms with van der Waals surface area (Å²) >= 11 is 3.31. The maximum atomic E-state index is 4.19. The number of nitrogens with one attached hydrogen (secondary N) is 2. The summed E-state index contributed by atoms with van der Waals surface area (Å²) in [5.41, 5.74) is 0.0911. The van der Waals surface area contributed by atoms with Crippen molar-refractivity contribution in [2.45, 2.75) is 18.9 Å². The van der Waals surface area contributed by atoms with Gasteiger partial charge in [-0.1, -0.05) is 0 Å².